The van der Waals surface area contributed by atoms with Crippen LogP contribution in [0, 0.1) is 27.7 Å². The van der Waals surface area contributed by atoms with E-state index in [1.807, 2.05) is 38.1 Å². The van der Waals surface area contributed by atoms with Crippen molar-refractivity contribution in [2.75, 3.05) is 20.3 Å². The van der Waals surface area contributed by atoms with Gasteiger partial charge < -0.3 is 9.47 Å². The second kappa shape index (κ2) is 10.1. The van der Waals surface area contributed by atoms with Crippen LogP contribution in [-0.2, 0) is 4.74 Å². The molecule has 2 aromatic rings. The van der Waals surface area contributed by atoms with Gasteiger partial charge in [0.25, 0.3) is 0 Å². The molecule has 0 aliphatic rings. The summed E-state index contributed by atoms with van der Waals surface area (Å²) in [6.45, 7) is 9.32. The number of aryl methyl sites for hydroxylation is 2. The van der Waals surface area contributed by atoms with E-state index >= 15 is 0 Å². The normalized spacial score (nSPS) is 10.8. The van der Waals surface area contributed by atoms with Gasteiger partial charge in [0.2, 0.25) is 0 Å². The van der Waals surface area contributed by atoms with Gasteiger partial charge in [-0.05, 0) is 76.0 Å². The quantitative estimate of drug-likeness (QED) is 0.435. The molecule has 0 saturated heterocycles. The predicted octanol–water partition coefficient (Wildman–Crippen LogP) is 3.44. The summed E-state index contributed by atoms with van der Waals surface area (Å²) in [4.78, 5) is 12.8. The Morgan fingerprint density at radius 2 is 1.60 bits per heavy atom. The van der Waals surface area contributed by atoms with Crippen LogP contribution in [0.1, 0.15) is 32.6 Å². The van der Waals surface area contributed by atoms with Crippen molar-refractivity contribution in [1.29, 1.82) is 0 Å². The fourth-order valence-electron chi connectivity index (χ4n) is 2.70. The summed E-state index contributed by atoms with van der Waals surface area (Å²) in [5.41, 5.74) is 5.67. The molecule has 0 aromatic heterocycles. The van der Waals surface area contributed by atoms with Crippen molar-refractivity contribution in [3.05, 3.63) is 58.1 Å². The third-order valence-corrected chi connectivity index (χ3v) is 5.35. The molecule has 25 heavy (non-hydrogen) atoms. The van der Waals surface area contributed by atoms with Gasteiger partial charge in [-0.3, -0.25) is 4.79 Å². The van der Waals surface area contributed by atoms with E-state index < -0.39 is 0 Å². The number of benzene rings is 2. The zero-order valence-electron chi connectivity index (χ0n) is 15.0. The van der Waals surface area contributed by atoms with Gasteiger partial charge in [-0.25, -0.2) is 0 Å². The third kappa shape index (κ3) is 5.70. The Kier molecular flexibility index (Phi) is 8.90. The molecular weight excluding hydrogens is 326 g/mol. The topological polar surface area (TPSA) is 35.5 Å². The number of carbonyl (C=O) groups excluding carboxylic acids is 1. The number of hydrogen-bond acceptors (Lipinski definition) is 3. The van der Waals surface area contributed by atoms with Crippen molar-refractivity contribution >= 4 is 38.3 Å². The third-order valence-electron chi connectivity index (χ3n) is 4.25. The minimum absolute atomic E-state index is 0. The van der Waals surface area contributed by atoms with E-state index in [0.717, 1.165) is 27.7 Å². The Balaban J connectivity index is 0.00000312. The van der Waals surface area contributed by atoms with Crippen molar-refractivity contribution in [1.82, 2.24) is 0 Å². The van der Waals surface area contributed by atoms with Gasteiger partial charge >= 0.3 is 18.9 Å². The number of carbonyl (C=O) groups is 1. The van der Waals surface area contributed by atoms with Crippen molar-refractivity contribution in [3.8, 4) is 5.75 Å². The van der Waals surface area contributed by atoms with Crippen LogP contribution in [-0.4, -0.2) is 44.7 Å². The summed E-state index contributed by atoms with van der Waals surface area (Å²) in [6, 6.07) is 9.85. The molecule has 0 amide bonds. The summed E-state index contributed by atoms with van der Waals surface area (Å²) in [5.74, 6) is 0.798. The van der Waals surface area contributed by atoms with E-state index in [9.17, 15) is 4.79 Å². The summed E-state index contributed by atoms with van der Waals surface area (Å²) in [5, 5.41) is 1.02. The first-order valence-corrected chi connectivity index (χ1v) is 9.04. The molecular formula is C20H26LiO3P. The molecule has 2 aromatic carbocycles. The maximum atomic E-state index is 12.8. The Labute approximate surface area is 164 Å². The molecule has 0 aliphatic heterocycles. The molecule has 1 atom stereocenters. The van der Waals surface area contributed by atoms with Gasteiger partial charge in [0.1, 0.15) is 12.4 Å². The number of rotatable bonds is 7. The molecule has 0 heterocycles. The molecule has 0 fully saturated rings. The molecule has 0 spiro atoms. The molecule has 0 N–H and O–H groups in total. The molecule has 0 radical (unpaired) electrons. The summed E-state index contributed by atoms with van der Waals surface area (Å²) < 4.78 is 10.5. The van der Waals surface area contributed by atoms with Crippen LogP contribution >= 0.6 is 8.58 Å². The van der Waals surface area contributed by atoms with Crippen LogP contribution in [0.3, 0.4) is 0 Å². The first-order chi connectivity index (χ1) is 11.4. The summed E-state index contributed by atoms with van der Waals surface area (Å²) in [6.07, 6.45) is 0. The SMILES string of the molecule is COCCOc1ccc(PC(=O)c2c(C)cc(C)c(C)c2C)cc1.[LiH]. The standard InChI is InChI=1S/C20H25O3P.Li.H/c1-13-12-14(2)19(16(4)15(13)3)20(21)24-18-8-6-17(7-9-18)23-11-10-22-5;;/h6-9,12,24H,10-11H2,1-5H3;;. The molecule has 1 unspecified atom stereocenters. The van der Waals surface area contributed by atoms with E-state index in [1.54, 1.807) is 7.11 Å². The summed E-state index contributed by atoms with van der Waals surface area (Å²) in [7, 11) is 1.77. The van der Waals surface area contributed by atoms with Crippen molar-refractivity contribution in [2.24, 2.45) is 0 Å². The number of hydrogen-bond donors (Lipinski definition) is 0. The van der Waals surface area contributed by atoms with E-state index in [2.05, 4.69) is 19.9 Å². The fraction of sp³-hybridized carbons (Fsp3) is 0.350. The zero-order valence-corrected chi connectivity index (χ0v) is 16.0. The summed E-state index contributed by atoms with van der Waals surface area (Å²) >= 11 is 0. The second-order valence-electron chi connectivity index (χ2n) is 5.96. The average Bonchev–Trinajstić information content (AvgIpc) is 2.54. The molecule has 0 aliphatic carbocycles. The average molecular weight is 352 g/mol. The van der Waals surface area contributed by atoms with Crippen LogP contribution in [0.2, 0.25) is 0 Å². The van der Waals surface area contributed by atoms with Crippen LogP contribution in [0.15, 0.2) is 30.3 Å². The van der Waals surface area contributed by atoms with E-state index in [0.29, 0.717) is 13.2 Å². The van der Waals surface area contributed by atoms with Crippen LogP contribution in [0.4, 0.5) is 0 Å². The van der Waals surface area contributed by atoms with E-state index in [1.165, 1.54) is 11.1 Å². The minimum atomic E-state index is 0. The van der Waals surface area contributed by atoms with E-state index in [-0.39, 0.29) is 33.0 Å². The molecule has 5 heteroatoms. The molecule has 130 valence electrons. The first-order valence-electron chi connectivity index (χ1n) is 8.04. The predicted molar refractivity (Wildman–Crippen MR) is 109 cm³/mol. The Bertz CT molecular complexity index is 727. The molecule has 2 rings (SSSR count). The van der Waals surface area contributed by atoms with Gasteiger partial charge in [-0.15, -0.1) is 0 Å². The Hall–Kier alpha value is -1.10. The monoisotopic (exact) mass is 352 g/mol. The first kappa shape index (κ1) is 21.9. The Morgan fingerprint density at radius 3 is 2.20 bits per heavy atom. The zero-order chi connectivity index (χ0) is 17.7. The van der Waals surface area contributed by atoms with E-state index in [4.69, 9.17) is 9.47 Å². The molecule has 3 nitrogen and oxygen atoms in total. The maximum absolute atomic E-state index is 12.8. The molecule has 0 bridgehead atoms. The number of methoxy groups -OCH3 is 1. The van der Waals surface area contributed by atoms with Crippen molar-refractivity contribution in [2.45, 2.75) is 27.7 Å². The van der Waals surface area contributed by atoms with Gasteiger partial charge in [0.15, 0.2) is 5.52 Å². The number of ether oxygens (including phenoxy) is 2. The van der Waals surface area contributed by atoms with Crippen LogP contribution < -0.4 is 10.0 Å². The van der Waals surface area contributed by atoms with Crippen molar-refractivity contribution < 1.29 is 14.3 Å². The van der Waals surface area contributed by atoms with Gasteiger partial charge in [0.05, 0.1) is 6.61 Å². The second-order valence-corrected chi connectivity index (χ2v) is 7.24. The van der Waals surface area contributed by atoms with Crippen molar-refractivity contribution in [3.63, 3.8) is 0 Å². The van der Waals surface area contributed by atoms with Gasteiger partial charge in [-0.1, -0.05) is 18.2 Å². The molecule has 0 saturated carbocycles. The van der Waals surface area contributed by atoms with Crippen LogP contribution in [0.5, 0.6) is 5.75 Å². The van der Waals surface area contributed by atoms with Gasteiger partial charge in [0, 0.05) is 12.7 Å². The van der Waals surface area contributed by atoms with Gasteiger partial charge in [-0.2, -0.15) is 0 Å². The Morgan fingerprint density at radius 1 is 0.960 bits per heavy atom. The van der Waals surface area contributed by atoms with Crippen LogP contribution in [0.25, 0.3) is 0 Å². The fourth-order valence-corrected chi connectivity index (χ4v) is 3.81.